The molecule has 3 aromatic rings. The van der Waals surface area contributed by atoms with E-state index in [0.717, 1.165) is 47.2 Å². The zero-order valence-corrected chi connectivity index (χ0v) is 22.6. The number of rotatable bonds is 6. The van der Waals surface area contributed by atoms with Gasteiger partial charge in [-0.15, -0.1) is 0 Å². The van der Waals surface area contributed by atoms with Crippen molar-refractivity contribution in [1.82, 2.24) is 19.4 Å². The van der Waals surface area contributed by atoms with Gasteiger partial charge in [-0.1, -0.05) is 25.1 Å². The molecule has 3 aliphatic heterocycles. The van der Waals surface area contributed by atoms with Gasteiger partial charge >= 0.3 is 24.4 Å². The SMILES string of the molecule is C=C1CC2(COC2)N(Cc2cc(C(F)(F)F)c3cn(-c4cccc([C@H]([C]5N=NC=[N+]5C)C5CCC5)c4)c(=O)n3c2)N1.[HH]. The second-order valence-electron chi connectivity index (χ2n) is 11.6. The first kappa shape index (κ1) is 26.1. The number of fused-ring (bicyclic) bond motifs is 1. The smallest absolute Gasteiger partial charge is 0.377 e. The first-order valence-electron chi connectivity index (χ1n) is 13.7. The Kier molecular flexibility index (Phi) is 5.98. The van der Waals surface area contributed by atoms with Gasteiger partial charge in [-0.05, 0) is 53.2 Å². The molecule has 9 nitrogen and oxygen atoms in total. The summed E-state index contributed by atoms with van der Waals surface area (Å²) in [6.45, 7) is 5.08. The van der Waals surface area contributed by atoms with E-state index in [2.05, 4.69) is 22.2 Å². The van der Waals surface area contributed by atoms with Crippen LogP contribution in [0.4, 0.5) is 13.2 Å². The average molecular weight is 568 g/mol. The highest BCUT2D eigenvalue weighted by atomic mass is 19.4. The van der Waals surface area contributed by atoms with E-state index < -0.39 is 17.4 Å². The molecule has 0 bridgehead atoms. The molecule has 1 aromatic carbocycles. The molecule has 7 rings (SSSR count). The first-order valence-corrected chi connectivity index (χ1v) is 13.7. The third kappa shape index (κ3) is 4.31. The molecular weight excluding hydrogens is 535 g/mol. The summed E-state index contributed by atoms with van der Waals surface area (Å²) in [4.78, 5) is 13.7. The van der Waals surface area contributed by atoms with Crippen molar-refractivity contribution in [3.63, 3.8) is 0 Å². The second kappa shape index (κ2) is 9.38. The number of likely N-dealkylation sites (N-methyl/N-ethyl adjacent to an activating group) is 1. The lowest BCUT2D eigenvalue weighted by Gasteiger charge is -2.43. The first-order chi connectivity index (χ1) is 19.6. The van der Waals surface area contributed by atoms with Gasteiger partial charge in [0.2, 0.25) is 0 Å². The number of alkyl halides is 3. The normalized spacial score (nSPS) is 21.8. The average Bonchev–Trinajstić information content (AvgIpc) is 3.55. The monoisotopic (exact) mass is 567 g/mol. The number of benzene rings is 1. The number of aromatic nitrogens is 2. The molecule has 2 aromatic heterocycles. The van der Waals surface area contributed by atoms with Gasteiger partial charge in [0.15, 0.2) is 0 Å². The fraction of sp³-hybridized carbons (Fsp3) is 0.414. The van der Waals surface area contributed by atoms with Crippen LogP contribution in [-0.4, -0.2) is 50.7 Å². The molecule has 12 heteroatoms. The Hall–Kier alpha value is -3.77. The maximum atomic E-state index is 14.3. The highest BCUT2D eigenvalue weighted by Gasteiger charge is 2.49. The van der Waals surface area contributed by atoms with Crippen LogP contribution in [0.25, 0.3) is 11.2 Å². The Bertz CT molecular complexity index is 1670. The summed E-state index contributed by atoms with van der Waals surface area (Å²) >= 11 is 0. The van der Waals surface area contributed by atoms with Gasteiger partial charge in [-0.25, -0.2) is 14.4 Å². The maximum absolute atomic E-state index is 14.3. The minimum Gasteiger partial charge on any atom is -0.377 e. The van der Waals surface area contributed by atoms with Crippen LogP contribution in [-0.2, 0) is 17.5 Å². The van der Waals surface area contributed by atoms with Crippen molar-refractivity contribution in [1.29, 1.82) is 0 Å². The van der Waals surface area contributed by atoms with Crippen LogP contribution in [0.5, 0.6) is 0 Å². The van der Waals surface area contributed by atoms with Gasteiger partial charge in [-0.2, -0.15) is 13.2 Å². The largest absolute Gasteiger partial charge is 0.418 e. The standard InChI is InChI=1S/C29H30F3N7O2.H2/c1-18-11-28(15-41-16-28)39(35-18)13-19-9-23(29(30,31)32)24-14-37(27(40)38(24)12-19)22-8-4-7-21(10-22)25(20-5-3-6-20)26-34-33-17-36(26)2;/h4,7-10,12,14,17,20,25,35H,1,3,5-6,11,13,15-16H2,2H3;1H/q+1;/t25-;/m1./s1. The summed E-state index contributed by atoms with van der Waals surface area (Å²) in [6, 6.07) is 8.58. The minimum atomic E-state index is -4.65. The predicted octanol–water partition coefficient (Wildman–Crippen LogP) is 4.86. The summed E-state index contributed by atoms with van der Waals surface area (Å²) in [6.07, 6.45) is 4.54. The van der Waals surface area contributed by atoms with Crippen LogP contribution in [0.2, 0.25) is 0 Å². The molecule has 0 amide bonds. The molecule has 3 fully saturated rings. The number of hydrazine groups is 1. The summed E-state index contributed by atoms with van der Waals surface area (Å²) in [5.41, 5.74) is 3.83. The van der Waals surface area contributed by atoms with Crippen molar-refractivity contribution in [3.05, 3.63) is 88.3 Å². The van der Waals surface area contributed by atoms with Crippen molar-refractivity contribution in [2.24, 2.45) is 16.1 Å². The van der Waals surface area contributed by atoms with E-state index in [1.807, 2.05) is 34.8 Å². The van der Waals surface area contributed by atoms with E-state index in [-0.39, 0.29) is 24.9 Å². The molecule has 1 radical (unpaired) electrons. The van der Waals surface area contributed by atoms with Crippen LogP contribution < -0.4 is 11.1 Å². The van der Waals surface area contributed by atoms with Crippen LogP contribution in [0, 0.1) is 12.1 Å². The molecule has 1 aliphatic carbocycles. The van der Waals surface area contributed by atoms with Gasteiger partial charge in [-0.3, -0.25) is 8.97 Å². The summed E-state index contributed by atoms with van der Waals surface area (Å²) < 4.78 is 52.7. The highest BCUT2D eigenvalue weighted by molar-refractivity contribution is 5.58. The summed E-state index contributed by atoms with van der Waals surface area (Å²) in [7, 11) is 1.90. The Morgan fingerprint density at radius 3 is 2.71 bits per heavy atom. The Morgan fingerprint density at radius 2 is 2.07 bits per heavy atom. The number of nitrogens with one attached hydrogen (secondary N) is 1. The molecule has 1 spiro atoms. The minimum absolute atomic E-state index is 0. The van der Waals surface area contributed by atoms with E-state index in [1.54, 1.807) is 12.4 Å². The number of hydrogen-bond acceptors (Lipinski definition) is 6. The molecule has 1 saturated carbocycles. The van der Waals surface area contributed by atoms with E-state index in [0.29, 0.717) is 36.8 Å². The Labute approximate surface area is 235 Å². The second-order valence-corrected chi connectivity index (χ2v) is 11.6. The van der Waals surface area contributed by atoms with Crippen molar-refractivity contribution in [2.45, 2.75) is 49.9 Å². The molecule has 41 heavy (non-hydrogen) atoms. The maximum Gasteiger partial charge on any atom is 0.418 e. The summed E-state index contributed by atoms with van der Waals surface area (Å²) in [5, 5.41) is 10.3. The van der Waals surface area contributed by atoms with Crippen molar-refractivity contribution >= 4 is 11.9 Å². The molecule has 4 aliphatic rings. The third-order valence-electron chi connectivity index (χ3n) is 8.77. The van der Waals surface area contributed by atoms with E-state index in [9.17, 15) is 18.0 Å². The number of imidazole rings is 1. The van der Waals surface area contributed by atoms with Gasteiger partial charge in [0.25, 0.3) is 0 Å². The molecule has 1 atom stereocenters. The molecule has 0 unspecified atom stereocenters. The highest BCUT2D eigenvalue weighted by Crippen LogP contribution is 2.46. The van der Waals surface area contributed by atoms with Gasteiger partial charge < -0.3 is 10.2 Å². The molecular formula is C29H32F3N7O2+. The van der Waals surface area contributed by atoms with Gasteiger partial charge in [0, 0.05) is 32.5 Å². The van der Waals surface area contributed by atoms with Crippen LogP contribution in [0.1, 0.15) is 49.7 Å². The molecule has 5 heterocycles. The van der Waals surface area contributed by atoms with Gasteiger partial charge in [0.1, 0.15) is 0 Å². The lowest BCUT2D eigenvalue weighted by Crippen LogP contribution is -2.60. The quantitative estimate of drug-likeness (QED) is 0.432. The lowest BCUT2D eigenvalue weighted by atomic mass is 9.71. The topological polar surface area (TPSA) is 78.6 Å². The van der Waals surface area contributed by atoms with E-state index in [1.165, 1.54) is 17.0 Å². The van der Waals surface area contributed by atoms with Crippen LogP contribution >= 0.6 is 0 Å². The fourth-order valence-corrected chi connectivity index (χ4v) is 6.42. The number of ether oxygens (including phenoxy) is 1. The third-order valence-corrected chi connectivity index (χ3v) is 8.77. The molecule has 215 valence electrons. The van der Waals surface area contributed by atoms with Gasteiger partial charge in [0.05, 0.1) is 53.6 Å². The molecule has 1 N–H and O–H groups in total. The van der Waals surface area contributed by atoms with Crippen LogP contribution in [0.15, 0.2) is 70.0 Å². The Balaban J connectivity index is 0.00000316. The number of pyridine rings is 1. The van der Waals surface area contributed by atoms with E-state index >= 15 is 0 Å². The lowest BCUT2D eigenvalue weighted by molar-refractivity contribution is -0.480. The van der Waals surface area contributed by atoms with Crippen molar-refractivity contribution < 1.29 is 23.9 Å². The summed E-state index contributed by atoms with van der Waals surface area (Å²) in [5.74, 6) is 0.365. The number of hydrogen-bond donors (Lipinski definition) is 1. The molecule has 2 saturated heterocycles. The van der Waals surface area contributed by atoms with E-state index in [4.69, 9.17) is 4.74 Å². The fourth-order valence-electron chi connectivity index (χ4n) is 6.42. The Morgan fingerprint density at radius 1 is 1.27 bits per heavy atom. The predicted molar refractivity (Wildman–Crippen MR) is 147 cm³/mol. The van der Waals surface area contributed by atoms with Crippen LogP contribution in [0.3, 0.4) is 0 Å². The number of azo groups is 1. The number of halogens is 3. The zero-order valence-electron chi connectivity index (χ0n) is 22.6. The van der Waals surface area contributed by atoms with Crippen molar-refractivity contribution in [3.8, 4) is 5.69 Å². The zero-order chi connectivity index (χ0) is 28.5. The van der Waals surface area contributed by atoms with Crippen molar-refractivity contribution in [2.75, 3.05) is 20.3 Å². The number of nitrogens with zero attached hydrogens (tertiary/aromatic N) is 6.